The molecule has 0 aliphatic carbocycles. The summed E-state index contributed by atoms with van der Waals surface area (Å²) < 4.78 is 7.58. The van der Waals surface area contributed by atoms with E-state index in [-0.39, 0.29) is 11.6 Å². The molecule has 3 aromatic rings. The second kappa shape index (κ2) is 10.1. The largest absolute Gasteiger partial charge is 0.379 e. The van der Waals surface area contributed by atoms with Crippen molar-refractivity contribution in [1.82, 2.24) is 24.4 Å². The first-order chi connectivity index (χ1) is 16.0. The lowest BCUT2D eigenvalue weighted by Gasteiger charge is -2.34. The van der Waals surface area contributed by atoms with Gasteiger partial charge in [0, 0.05) is 56.7 Å². The van der Waals surface area contributed by atoms with E-state index >= 15 is 0 Å². The van der Waals surface area contributed by atoms with Crippen molar-refractivity contribution in [3.63, 3.8) is 0 Å². The van der Waals surface area contributed by atoms with Gasteiger partial charge in [-0.1, -0.05) is 5.92 Å². The van der Waals surface area contributed by atoms with E-state index < -0.39 is 5.91 Å². The lowest BCUT2D eigenvalue weighted by atomic mass is 10.3. The summed E-state index contributed by atoms with van der Waals surface area (Å²) in [5.74, 6) is 2.63. The number of piperazine rings is 1. The third-order valence-corrected chi connectivity index (χ3v) is 5.52. The topological polar surface area (TPSA) is 119 Å². The van der Waals surface area contributed by atoms with Gasteiger partial charge in [0.1, 0.15) is 11.3 Å². The zero-order valence-electron chi connectivity index (χ0n) is 18.2. The number of amides is 2. The molecule has 1 saturated heterocycles. The molecule has 1 fully saturated rings. The average molecular weight is 447 g/mol. The van der Waals surface area contributed by atoms with E-state index in [1.54, 1.807) is 18.5 Å². The second-order valence-electron chi connectivity index (χ2n) is 7.63. The fraction of sp³-hybridized carbons (Fsp3) is 0.348. The van der Waals surface area contributed by atoms with Gasteiger partial charge in [-0.3, -0.25) is 9.59 Å². The maximum absolute atomic E-state index is 12.5. The first-order valence-electron chi connectivity index (χ1n) is 10.7. The van der Waals surface area contributed by atoms with Crippen LogP contribution >= 0.6 is 0 Å². The lowest BCUT2D eigenvalue weighted by Crippen LogP contribution is -2.49. The van der Waals surface area contributed by atoms with Crippen LogP contribution in [0, 0.1) is 12.3 Å². The molecule has 4 heterocycles. The molecule has 10 nitrogen and oxygen atoms in total. The Balaban J connectivity index is 1.18. The molecular formula is C23H25N7O3. The molecule has 10 heteroatoms. The maximum Gasteiger partial charge on any atom is 0.267 e. The molecule has 0 radical (unpaired) electrons. The number of nitrogens with two attached hydrogens (primary N) is 1. The van der Waals surface area contributed by atoms with Gasteiger partial charge in [0.25, 0.3) is 5.91 Å². The van der Waals surface area contributed by atoms with Crippen LogP contribution in [0.4, 0.5) is 5.95 Å². The van der Waals surface area contributed by atoms with E-state index in [4.69, 9.17) is 16.9 Å². The van der Waals surface area contributed by atoms with Gasteiger partial charge in [-0.2, -0.15) is 0 Å². The van der Waals surface area contributed by atoms with Gasteiger partial charge in [-0.25, -0.2) is 15.0 Å². The van der Waals surface area contributed by atoms with E-state index in [1.165, 1.54) is 0 Å². The highest BCUT2D eigenvalue weighted by atomic mass is 16.5. The van der Waals surface area contributed by atoms with Crippen molar-refractivity contribution in [2.75, 3.05) is 44.3 Å². The summed E-state index contributed by atoms with van der Waals surface area (Å²) in [7, 11) is 0. The van der Waals surface area contributed by atoms with Crippen molar-refractivity contribution in [3.05, 3.63) is 48.0 Å². The first kappa shape index (κ1) is 22.2. The monoisotopic (exact) mass is 447 g/mol. The summed E-state index contributed by atoms with van der Waals surface area (Å²) in [6, 6.07) is 5.35. The molecule has 170 valence electrons. The Bertz CT molecular complexity index is 1170. The number of nitrogens with zero attached hydrogens (tertiary/aromatic N) is 6. The third-order valence-electron chi connectivity index (χ3n) is 5.52. The number of ether oxygens (including phenoxy) is 1. The van der Waals surface area contributed by atoms with Crippen molar-refractivity contribution in [1.29, 1.82) is 0 Å². The van der Waals surface area contributed by atoms with Gasteiger partial charge < -0.3 is 24.8 Å². The number of rotatable bonds is 8. The molecule has 0 atom stereocenters. The van der Waals surface area contributed by atoms with Crippen LogP contribution in [0.5, 0.6) is 0 Å². The van der Waals surface area contributed by atoms with Crippen LogP contribution < -0.4 is 10.6 Å². The summed E-state index contributed by atoms with van der Waals surface area (Å²) in [4.78, 5) is 40.6. The number of primary amides is 1. The van der Waals surface area contributed by atoms with Crippen LogP contribution in [0.2, 0.25) is 0 Å². The maximum atomic E-state index is 12.5. The Morgan fingerprint density at radius 1 is 1.09 bits per heavy atom. The molecule has 1 aliphatic rings. The molecular weight excluding hydrogens is 422 g/mol. The number of hydrogen-bond donors (Lipinski definition) is 1. The highest BCUT2D eigenvalue weighted by Crippen LogP contribution is 2.14. The standard InChI is InChI=1S/C23H25N7O3/c1-2-17-15-25-23(26-16-17)30-10-8-28(9-11-30)20(31)6-13-33-14-12-29-7-5-18-3-4-19(21(24)32)27-22(18)29/h1,3-5,7,15-16H,6,8-14H2,(H2,24,32). The number of fused-ring (bicyclic) bond motifs is 1. The zero-order chi connectivity index (χ0) is 23.2. The van der Waals surface area contributed by atoms with Crippen LogP contribution in [-0.2, 0) is 16.1 Å². The summed E-state index contributed by atoms with van der Waals surface area (Å²) in [5, 5.41) is 0.923. The summed E-state index contributed by atoms with van der Waals surface area (Å²) >= 11 is 0. The Hall–Kier alpha value is -3.97. The van der Waals surface area contributed by atoms with Gasteiger partial charge in [0.05, 0.1) is 25.2 Å². The van der Waals surface area contributed by atoms with Crippen LogP contribution in [0.15, 0.2) is 36.8 Å². The van der Waals surface area contributed by atoms with E-state index in [0.29, 0.717) is 69.5 Å². The van der Waals surface area contributed by atoms with E-state index in [0.717, 1.165) is 5.39 Å². The predicted molar refractivity (Wildman–Crippen MR) is 122 cm³/mol. The van der Waals surface area contributed by atoms with Crippen LogP contribution in [0.25, 0.3) is 11.0 Å². The number of hydrogen-bond acceptors (Lipinski definition) is 7. The molecule has 2 amide bonds. The molecule has 1 aliphatic heterocycles. The van der Waals surface area contributed by atoms with Crippen molar-refractivity contribution >= 4 is 28.8 Å². The molecule has 3 aromatic heterocycles. The fourth-order valence-corrected chi connectivity index (χ4v) is 3.68. The fourth-order valence-electron chi connectivity index (χ4n) is 3.68. The first-order valence-corrected chi connectivity index (χ1v) is 10.7. The van der Waals surface area contributed by atoms with Gasteiger partial charge in [-0.15, -0.1) is 6.42 Å². The minimum Gasteiger partial charge on any atom is -0.379 e. The molecule has 0 spiro atoms. The van der Waals surface area contributed by atoms with Gasteiger partial charge in [0.2, 0.25) is 11.9 Å². The molecule has 0 aromatic carbocycles. The van der Waals surface area contributed by atoms with Crippen LogP contribution in [0.1, 0.15) is 22.5 Å². The Morgan fingerprint density at radius 3 is 2.55 bits per heavy atom. The van der Waals surface area contributed by atoms with Crippen LogP contribution in [-0.4, -0.2) is 75.6 Å². The quantitative estimate of drug-likeness (QED) is 0.398. The minimum absolute atomic E-state index is 0.0671. The molecule has 0 saturated carbocycles. The summed E-state index contributed by atoms with van der Waals surface area (Å²) in [6.45, 7) is 3.90. The Morgan fingerprint density at radius 2 is 1.85 bits per heavy atom. The number of pyridine rings is 1. The zero-order valence-corrected chi connectivity index (χ0v) is 18.2. The number of anilines is 1. The average Bonchev–Trinajstić information content (AvgIpc) is 3.26. The van der Waals surface area contributed by atoms with Crippen molar-refractivity contribution in [2.45, 2.75) is 13.0 Å². The smallest absolute Gasteiger partial charge is 0.267 e. The molecule has 4 rings (SSSR count). The second-order valence-corrected chi connectivity index (χ2v) is 7.63. The van der Waals surface area contributed by atoms with Gasteiger partial charge in [0.15, 0.2) is 0 Å². The number of carbonyl (C=O) groups excluding carboxylic acids is 2. The van der Waals surface area contributed by atoms with E-state index in [1.807, 2.05) is 32.7 Å². The molecule has 2 N–H and O–H groups in total. The minimum atomic E-state index is -0.561. The Kier molecular flexibility index (Phi) is 6.80. The number of terminal acetylenes is 1. The summed E-state index contributed by atoms with van der Waals surface area (Å²) in [5.41, 5.74) is 6.87. The molecule has 0 bridgehead atoms. The van der Waals surface area contributed by atoms with Gasteiger partial charge in [-0.05, 0) is 18.2 Å². The van der Waals surface area contributed by atoms with Crippen LogP contribution in [0.3, 0.4) is 0 Å². The van der Waals surface area contributed by atoms with E-state index in [9.17, 15) is 9.59 Å². The van der Waals surface area contributed by atoms with Crippen molar-refractivity contribution < 1.29 is 14.3 Å². The highest BCUT2D eigenvalue weighted by Gasteiger charge is 2.22. The third kappa shape index (κ3) is 5.27. The normalized spacial score (nSPS) is 13.8. The van der Waals surface area contributed by atoms with Gasteiger partial charge >= 0.3 is 0 Å². The molecule has 33 heavy (non-hydrogen) atoms. The summed E-state index contributed by atoms with van der Waals surface area (Å²) in [6.07, 6.45) is 10.8. The number of carbonyl (C=O) groups is 2. The van der Waals surface area contributed by atoms with Crippen molar-refractivity contribution in [2.24, 2.45) is 5.73 Å². The Labute approximate surface area is 191 Å². The SMILES string of the molecule is C#Cc1cnc(N2CCN(C(=O)CCOCCn3ccc4ccc(C(N)=O)nc43)CC2)nc1. The van der Waals surface area contributed by atoms with E-state index in [2.05, 4.69) is 20.9 Å². The predicted octanol–water partition coefficient (Wildman–Crippen LogP) is 0.662. The van der Waals surface area contributed by atoms with Crippen molar-refractivity contribution in [3.8, 4) is 12.3 Å². The molecule has 0 unspecified atom stereocenters. The number of aromatic nitrogens is 4. The lowest BCUT2D eigenvalue weighted by molar-refractivity contribution is -0.132. The highest BCUT2D eigenvalue weighted by molar-refractivity contribution is 5.93.